The summed E-state index contributed by atoms with van der Waals surface area (Å²) in [4.78, 5) is 23.8. The molecule has 5 nitrogen and oxygen atoms in total. The molecule has 24 heavy (non-hydrogen) atoms. The number of fused-ring (bicyclic) bond motifs is 1. The molecule has 0 aliphatic carbocycles. The van der Waals surface area contributed by atoms with Crippen molar-refractivity contribution in [1.29, 1.82) is 0 Å². The van der Waals surface area contributed by atoms with E-state index in [1.54, 1.807) is 6.20 Å². The van der Waals surface area contributed by atoms with E-state index in [4.69, 9.17) is 0 Å². The molecule has 1 fully saturated rings. The smallest absolute Gasteiger partial charge is 0.277 e. The summed E-state index contributed by atoms with van der Waals surface area (Å²) in [5.41, 5.74) is 4.38. The predicted molar refractivity (Wildman–Crippen MR) is 93.9 cm³/mol. The first-order valence-electron chi connectivity index (χ1n) is 8.05. The lowest BCUT2D eigenvalue weighted by Crippen LogP contribution is -2.30. The van der Waals surface area contributed by atoms with E-state index >= 15 is 0 Å². The highest BCUT2D eigenvalue weighted by molar-refractivity contribution is 6.53. The van der Waals surface area contributed by atoms with Crippen LogP contribution in [0.1, 0.15) is 18.5 Å². The summed E-state index contributed by atoms with van der Waals surface area (Å²) < 4.78 is 0. The molecule has 1 atom stereocenters. The molecule has 0 radical (unpaired) electrons. The average Bonchev–Trinajstić information content (AvgIpc) is 2.78. The standard InChI is InChI=1S/C19H18N4O/c1-13-16-17(22-11-10-21-13)19(24)23(15-7-3-2-4-8-15)18(16)14-6-5-9-20-12-14/h2-9,12,18,21H,10-11H2,1H3/t18-/m1/s1. The van der Waals surface area contributed by atoms with Gasteiger partial charge in [0.05, 0.1) is 12.6 Å². The number of amides is 1. The summed E-state index contributed by atoms with van der Waals surface area (Å²) in [5, 5.41) is 3.37. The number of anilines is 1. The maximum absolute atomic E-state index is 13.1. The van der Waals surface area contributed by atoms with E-state index in [1.807, 2.05) is 60.5 Å². The van der Waals surface area contributed by atoms with Gasteiger partial charge in [-0.25, -0.2) is 0 Å². The quantitative estimate of drug-likeness (QED) is 0.925. The number of rotatable bonds is 2. The highest BCUT2D eigenvalue weighted by Crippen LogP contribution is 2.40. The minimum atomic E-state index is -0.210. The van der Waals surface area contributed by atoms with Crippen LogP contribution in [0.3, 0.4) is 0 Å². The Balaban J connectivity index is 1.94. The molecule has 5 heteroatoms. The van der Waals surface area contributed by atoms with Crippen LogP contribution in [-0.4, -0.2) is 29.7 Å². The second-order valence-corrected chi connectivity index (χ2v) is 5.90. The molecule has 1 amide bonds. The van der Waals surface area contributed by atoms with Crippen molar-refractivity contribution in [3.63, 3.8) is 0 Å². The van der Waals surface area contributed by atoms with Crippen LogP contribution >= 0.6 is 0 Å². The minimum absolute atomic E-state index is 0.0481. The van der Waals surface area contributed by atoms with Crippen molar-refractivity contribution < 1.29 is 4.79 Å². The number of allylic oxidation sites excluding steroid dienone is 1. The van der Waals surface area contributed by atoms with E-state index in [0.29, 0.717) is 12.3 Å². The van der Waals surface area contributed by atoms with Crippen LogP contribution in [0.2, 0.25) is 0 Å². The number of hydrogen-bond acceptors (Lipinski definition) is 4. The Bertz CT molecular complexity index is 827. The van der Waals surface area contributed by atoms with Crippen LogP contribution in [0.5, 0.6) is 0 Å². The first-order chi connectivity index (χ1) is 11.8. The Morgan fingerprint density at radius 2 is 2.00 bits per heavy atom. The van der Waals surface area contributed by atoms with Crippen molar-refractivity contribution >= 4 is 17.3 Å². The van der Waals surface area contributed by atoms with E-state index in [1.165, 1.54) is 0 Å². The second-order valence-electron chi connectivity index (χ2n) is 5.90. The molecular formula is C19H18N4O. The number of aromatic nitrogens is 1. The van der Waals surface area contributed by atoms with Crippen LogP contribution in [0.4, 0.5) is 5.69 Å². The summed E-state index contributed by atoms with van der Waals surface area (Å²) >= 11 is 0. The molecule has 0 unspecified atom stereocenters. The summed E-state index contributed by atoms with van der Waals surface area (Å²) in [7, 11) is 0. The Kier molecular flexibility index (Phi) is 3.61. The van der Waals surface area contributed by atoms with Crippen molar-refractivity contribution in [2.75, 3.05) is 18.0 Å². The van der Waals surface area contributed by atoms with Gasteiger partial charge < -0.3 is 5.32 Å². The fraction of sp³-hybridized carbons (Fsp3) is 0.211. The van der Waals surface area contributed by atoms with Crippen LogP contribution in [-0.2, 0) is 4.79 Å². The maximum Gasteiger partial charge on any atom is 0.277 e. The van der Waals surface area contributed by atoms with Crippen LogP contribution < -0.4 is 10.2 Å². The number of pyridine rings is 1. The normalized spacial score (nSPS) is 20.4. The summed E-state index contributed by atoms with van der Waals surface area (Å²) in [5.74, 6) is -0.0481. The zero-order chi connectivity index (χ0) is 16.5. The largest absolute Gasteiger partial charge is 0.386 e. The molecular weight excluding hydrogens is 300 g/mol. The van der Waals surface area contributed by atoms with Crippen molar-refractivity contribution in [2.24, 2.45) is 4.99 Å². The lowest BCUT2D eigenvalue weighted by molar-refractivity contribution is -0.112. The number of aliphatic imine (C=N–C) groups is 1. The van der Waals surface area contributed by atoms with Gasteiger partial charge in [-0.3, -0.25) is 19.7 Å². The Labute approximate surface area is 140 Å². The topological polar surface area (TPSA) is 57.6 Å². The van der Waals surface area contributed by atoms with Gasteiger partial charge in [-0.1, -0.05) is 24.3 Å². The third-order valence-corrected chi connectivity index (χ3v) is 4.42. The molecule has 2 aromatic rings. The number of nitrogens with one attached hydrogen (secondary N) is 1. The summed E-state index contributed by atoms with van der Waals surface area (Å²) in [6.07, 6.45) is 3.57. The lowest BCUT2D eigenvalue weighted by Gasteiger charge is -2.25. The van der Waals surface area contributed by atoms with E-state index in [0.717, 1.165) is 29.1 Å². The van der Waals surface area contributed by atoms with Gasteiger partial charge in [-0.05, 0) is 30.7 Å². The Morgan fingerprint density at radius 1 is 1.17 bits per heavy atom. The first kappa shape index (κ1) is 14.6. The minimum Gasteiger partial charge on any atom is -0.386 e. The third kappa shape index (κ3) is 2.29. The highest BCUT2D eigenvalue weighted by Gasteiger charge is 2.44. The first-order valence-corrected chi connectivity index (χ1v) is 8.05. The SMILES string of the molecule is CC1=C2C(=NCCN1)C(=O)N(c1ccccc1)[C@@H]2c1cccnc1. The molecule has 4 rings (SSSR count). The van der Waals surface area contributed by atoms with Crippen molar-refractivity contribution in [2.45, 2.75) is 13.0 Å². The van der Waals surface area contributed by atoms with Gasteiger partial charge in [0.1, 0.15) is 5.71 Å². The van der Waals surface area contributed by atoms with Crippen molar-refractivity contribution in [3.8, 4) is 0 Å². The number of para-hydroxylation sites is 1. The van der Waals surface area contributed by atoms with Gasteiger partial charge in [0.25, 0.3) is 5.91 Å². The van der Waals surface area contributed by atoms with E-state index < -0.39 is 0 Å². The van der Waals surface area contributed by atoms with Crippen LogP contribution in [0.15, 0.2) is 71.1 Å². The number of benzene rings is 1. The van der Waals surface area contributed by atoms with Gasteiger partial charge in [0.15, 0.2) is 0 Å². The second kappa shape index (κ2) is 5.92. The fourth-order valence-corrected chi connectivity index (χ4v) is 3.36. The Morgan fingerprint density at radius 3 is 2.75 bits per heavy atom. The van der Waals surface area contributed by atoms with Gasteiger partial charge in [0.2, 0.25) is 0 Å². The molecule has 0 saturated carbocycles. The van der Waals surface area contributed by atoms with Gasteiger partial charge >= 0.3 is 0 Å². The zero-order valence-corrected chi connectivity index (χ0v) is 13.4. The molecule has 1 saturated heterocycles. The molecule has 1 aromatic carbocycles. The zero-order valence-electron chi connectivity index (χ0n) is 13.4. The molecule has 3 heterocycles. The highest BCUT2D eigenvalue weighted by atomic mass is 16.2. The average molecular weight is 318 g/mol. The van der Waals surface area contributed by atoms with E-state index in [-0.39, 0.29) is 11.9 Å². The molecule has 0 spiro atoms. The number of hydrogen-bond donors (Lipinski definition) is 1. The fourth-order valence-electron chi connectivity index (χ4n) is 3.36. The van der Waals surface area contributed by atoms with Crippen LogP contribution in [0.25, 0.3) is 0 Å². The van der Waals surface area contributed by atoms with Crippen molar-refractivity contribution in [3.05, 3.63) is 71.7 Å². The number of carbonyl (C=O) groups excluding carboxylic acids is 1. The molecule has 1 N–H and O–H groups in total. The number of nitrogens with zero attached hydrogens (tertiary/aromatic N) is 3. The van der Waals surface area contributed by atoms with Gasteiger partial charge in [-0.2, -0.15) is 0 Å². The van der Waals surface area contributed by atoms with Gasteiger partial charge in [0, 0.05) is 35.9 Å². The van der Waals surface area contributed by atoms with Crippen molar-refractivity contribution in [1.82, 2.24) is 10.3 Å². The van der Waals surface area contributed by atoms with Gasteiger partial charge in [-0.15, -0.1) is 0 Å². The number of carbonyl (C=O) groups is 1. The maximum atomic E-state index is 13.1. The summed E-state index contributed by atoms with van der Waals surface area (Å²) in [6.45, 7) is 3.36. The van der Waals surface area contributed by atoms with Crippen LogP contribution in [0, 0.1) is 0 Å². The molecule has 0 bridgehead atoms. The molecule has 1 aromatic heterocycles. The predicted octanol–water partition coefficient (Wildman–Crippen LogP) is 2.49. The lowest BCUT2D eigenvalue weighted by atomic mass is 9.98. The van der Waals surface area contributed by atoms with E-state index in [2.05, 4.69) is 15.3 Å². The third-order valence-electron chi connectivity index (χ3n) is 4.42. The Hall–Kier alpha value is -2.95. The molecule has 2 aliphatic rings. The molecule has 2 aliphatic heterocycles. The van der Waals surface area contributed by atoms with E-state index in [9.17, 15) is 4.79 Å². The monoisotopic (exact) mass is 318 g/mol. The molecule has 120 valence electrons. The summed E-state index contributed by atoms with van der Waals surface area (Å²) in [6, 6.07) is 13.4.